The molecule has 0 bridgehead atoms. The summed E-state index contributed by atoms with van der Waals surface area (Å²) in [6, 6.07) is 0.354. The third-order valence-electron chi connectivity index (χ3n) is 4.64. The van der Waals surface area contributed by atoms with Crippen molar-refractivity contribution in [3.63, 3.8) is 0 Å². The average Bonchev–Trinajstić information content (AvgIpc) is 3.00. The van der Waals surface area contributed by atoms with Gasteiger partial charge < -0.3 is 14.5 Å². The number of hydrogen-bond donors (Lipinski definition) is 0. The van der Waals surface area contributed by atoms with E-state index in [1.54, 1.807) is 11.8 Å². The fraction of sp³-hybridized carbons (Fsp3) is 0.733. The van der Waals surface area contributed by atoms with Crippen molar-refractivity contribution in [2.24, 2.45) is 13.0 Å². The Hall–Kier alpha value is -1.40. The molecule has 1 aromatic heterocycles. The molecule has 0 N–H and O–H groups in total. The quantitative estimate of drug-likeness (QED) is 0.824. The highest BCUT2D eigenvalue weighted by Gasteiger charge is 2.40. The third-order valence-corrected chi connectivity index (χ3v) is 4.64. The number of hydrogen-bond acceptors (Lipinski definition) is 4. The second-order valence-electron chi connectivity index (χ2n) is 6.29. The molecule has 21 heavy (non-hydrogen) atoms. The molecule has 3 heterocycles. The number of nitrogens with zero attached hydrogens (tertiary/aromatic N) is 4. The first-order chi connectivity index (χ1) is 10.1. The first-order valence-electron chi connectivity index (χ1n) is 7.61. The van der Waals surface area contributed by atoms with Gasteiger partial charge in [-0.1, -0.05) is 0 Å². The van der Waals surface area contributed by atoms with Crippen LogP contribution in [0.5, 0.6) is 0 Å². The fourth-order valence-electron chi connectivity index (χ4n) is 3.75. The molecule has 3 rings (SSSR count). The van der Waals surface area contributed by atoms with Gasteiger partial charge in [0.1, 0.15) is 5.69 Å². The molecule has 2 aliphatic rings. The van der Waals surface area contributed by atoms with Crippen LogP contribution in [0.25, 0.3) is 0 Å². The highest BCUT2D eigenvalue weighted by Crippen LogP contribution is 2.31. The molecule has 2 fully saturated rings. The number of methoxy groups -OCH3 is 1. The van der Waals surface area contributed by atoms with Crippen molar-refractivity contribution in [3.8, 4) is 0 Å². The molecule has 1 aromatic rings. The first kappa shape index (κ1) is 14.5. The maximum Gasteiger partial charge on any atom is 0.257 e. The highest BCUT2D eigenvalue weighted by atomic mass is 16.5. The van der Waals surface area contributed by atoms with Crippen LogP contribution in [-0.2, 0) is 18.4 Å². The molecule has 0 aromatic carbocycles. The number of piperidine rings is 1. The lowest BCUT2D eigenvalue weighted by molar-refractivity contribution is 0.0567. The minimum absolute atomic E-state index is 0.111. The van der Waals surface area contributed by atoms with Gasteiger partial charge in [-0.2, -0.15) is 5.10 Å². The number of aromatic nitrogens is 2. The number of carbonyl (C=O) groups is 1. The Morgan fingerprint density at radius 2 is 2.24 bits per heavy atom. The Morgan fingerprint density at radius 3 is 3.00 bits per heavy atom. The Morgan fingerprint density at radius 1 is 1.43 bits per heavy atom. The van der Waals surface area contributed by atoms with E-state index in [1.807, 2.05) is 13.2 Å². The van der Waals surface area contributed by atoms with Crippen LogP contribution in [-0.4, -0.2) is 65.3 Å². The van der Waals surface area contributed by atoms with Crippen LogP contribution in [0.1, 0.15) is 28.9 Å². The first-order valence-corrected chi connectivity index (χ1v) is 7.61. The van der Waals surface area contributed by atoms with E-state index >= 15 is 0 Å². The van der Waals surface area contributed by atoms with Gasteiger partial charge in [-0.15, -0.1) is 0 Å². The molecule has 0 aliphatic carbocycles. The van der Waals surface area contributed by atoms with E-state index in [9.17, 15) is 4.79 Å². The highest BCUT2D eigenvalue weighted by molar-refractivity contribution is 5.95. The number of fused-ring (bicyclic) bond motifs is 1. The molecular weight excluding hydrogens is 268 g/mol. The largest absolute Gasteiger partial charge is 0.378 e. The van der Waals surface area contributed by atoms with Crippen molar-refractivity contribution < 1.29 is 9.53 Å². The summed E-state index contributed by atoms with van der Waals surface area (Å²) in [4.78, 5) is 17.4. The second kappa shape index (κ2) is 5.77. The van der Waals surface area contributed by atoms with Crippen LogP contribution in [0.2, 0.25) is 0 Å². The summed E-state index contributed by atoms with van der Waals surface area (Å²) in [6.45, 7) is 3.32. The van der Waals surface area contributed by atoms with Gasteiger partial charge in [-0.25, -0.2) is 0 Å². The number of likely N-dealkylation sites (N-methyl/N-ethyl adjacent to an activating group) is 1. The van der Waals surface area contributed by atoms with Crippen molar-refractivity contribution >= 4 is 5.91 Å². The molecule has 116 valence electrons. The van der Waals surface area contributed by atoms with Crippen molar-refractivity contribution in [1.82, 2.24) is 19.6 Å². The lowest BCUT2D eigenvalue weighted by Gasteiger charge is -2.37. The lowest BCUT2D eigenvalue weighted by atomic mass is 9.91. The van der Waals surface area contributed by atoms with Crippen LogP contribution in [0.4, 0.5) is 0 Å². The maximum atomic E-state index is 13.0. The Balaban J connectivity index is 1.84. The fourth-order valence-corrected chi connectivity index (χ4v) is 3.75. The minimum atomic E-state index is 0.111. The predicted octanol–water partition coefficient (Wildman–Crippen LogP) is 0.733. The molecule has 6 nitrogen and oxygen atoms in total. The molecule has 0 unspecified atom stereocenters. The number of likely N-dealkylation sites (tertiary alicyclic amines) is 2. The third kappa shape index (κ3) is 2.70. The van der Waals surface area contributed by atoms with Crippen molar-refractivity contribution in [2.75, 3.05) is 33.8 Å². The van der Waals surface area contributed by atoms with Crippen LogP contribution in [0, 0.1) is 5.92 Å². The number of carbonyl (C=O) groups excluding carboxylic acids is 1. The summed E-state index contributed by atoms with van der Waals surface area (Å²) >= 11 is 0. The van der Waals surface area contributed by atoms with Crippen LogP contribution in [0.15, 0.2) is 6.20 Å². The standard InChI is InChI=1S/C15H24N4O2/c1-17-7-11-5-4-6-19(14(11)9-17)15(20)12-8-18(2)16-13(12)10-21-3/h8,11,14H,4-7,9-10H2,1-3H3/t11-,14+/m0/s1. The van der Waals surface area contributed by atoms with Crippen molar-refractivity contribution in [3.05, 3.63) is 17.5 Å². The zero-order valence-corrected chi connectivity index (χ0v) is 13.1. The van der Waals surface area contributed by atoms with Crippen LogP contribution >= 0.6 is 0 Å². The number of rotatable bonds is 3. The van der Waals surface area contributed by atoms with E-state index in [0.29, 0.717) is 24.1 Å². The van der Waals surface area contributed by atoms with Gasteiger partial charge in [0.05, 0.1) is 12.2 Å². The lowest BCUT2D eigenvalue weighted by Crippen LogP contribution is -2.48. The topological polar surface area (TPSA) is 50.6 Å². The molecule has 0 spiro atoms. The Kier molecular flexibility index (Phi) is 3.99. The van der Waals surface area contributed by atoms with Gasteiger partial charge in [0.25, 0.3) is 5.91 Å². The Labute approximate surface area is 125 Å². The van der Waals surface area contributed by atoms with Crippen molar-refractivity contribution in [1.29, 1.82) is 0 Å². The SMILES string of the molecule is COCc1nn(C)cc1C(=O)N1CCC[C@H]2CN(C)C[C@H]21. The van der Waals surface area contributed by atoms with E-state index < -0.39 is 0 Å². The van der Waals surface area contributed by atoms with Gasteiger partial charge in [0.2, 0.25) is 0 Å². The average molecular weight is 292 g/mol. The number of aryl methyl sites for hydroxylation is 1. The van der Waals surface area contributed by atoms with Crippen molar-refractivity contribution in [2.45, 2.75) is 25.5 Å². The normalized spacial score (nSPS) is 26.1. The molecule has 6 heteroatoms. The summed E-state index contributed by atoms with van der Waals surface area (Å²) < 4.78 is 6.87. The van der Waals surface area contributed by atoms with Gasteiger partial charge in [-0.3, -0.25) is 9.48 Å². The monoisotopic (exact) mass is 292 g/mol. The van der Waals surface area contributed by atoms with Gasteiger partial charge >= 0.3 is 0 Å². The van der Waals surface area contributed by atoms with E-state index in [4.69, 9.17) is 4.74 Å². The zero-order chi connectivity index (χ0) is 15.0. The minimum Gasteiger partial charge on any atom is -0.378 e. The number of amides is 1. The zero-order valence-electron chi connectivity index (χ0n) is 13.1. The maximum absolute atomic E-state index is 13.0. The summed E-state index contributed by atoms with van der Waals surface area (Å²) in [5.74, 6) is 0.732. The molecule has 0 radical (unpaired) electrons. The van der Waals surface area contributed by atoms with Gasteiger partial charge in [-0.05, 0) is 25.8 Å². The summed E-state index contributed by atoms with van der Waals surface area (Å²) in [5, 5.41) is 4.35. The summed E-state index contributed by atoms with van der Waals surface area (Å²) in [7, 11) is 5.62. The van der Waals surface area contributed by atoms with E-state index in [2.05, 4.69) is 21.9 Å². The van der Waals surface area contributed by atoms with Crippen LogP contribution in [0.3, 0.4) is 0 Å². The molecular formula is C15H24N4O2. The van der Waals surface area contributed by atoms with E-state index in [0.717, 1.165) is 31.7 Å². The van der Waals surface area contributed by atoms with E-state index in [-0.39, 0.29) is 5.91 Å². The van der Waals surface area contributed by atoms with Gasteiger partial charge in [0.15, 0.2) is 0 Å². The molecule has 2 atom stereocenters. The predicted molar refractivity (Wildman–Crippen MR) is 79.0 cm³/mol. The summed E-state index contributed by atoms with van der Waals surface area (Å²) in [5.41, 5.74) is 1.42. The molecule has 1 amide bonds. The molecule has 2 aliphatic heterocycles. The van der Waals surface area contributed by atoms with Crippen LogP contribution < -0.4 is 0 Å². The second-order valence-corrected chi connectivity index (χ2v) is 6.29. The van der Waals surface area contributed by atoms with Gasteiger partial charge in [0, 0.05) is 46.0 Å². The smallest absolute Gasteiger partial charge is 0.257 e. The molecule has 2 saturated heterocycles. The number of ether oxygens (including phenoxy) is 1. The van der Waals surface area contributed by atoms with E-state index in [1.165, 1.54) is 6.42 Å². The summed E-state index contributed by atoms with van der Waals surface area (Å²) in [6.07, 6.45) is 4.15. The molecule has 0 saturated carbocycles. The Bertz CT molecular complexity index is 528.